The first-order chi connectivity index (χ1) is 10.1. The summed E-state index contributed by atoms with van der Waals surface area (Å²) in [5, 5.41) is 3.61. The second-order valence-corrected chi connectivity index (χ2v) is 6.07. The lowest BCUT2D eigenvalue weighted by Crippen LogP contribution is -3.17. The molecule has 2 N–H and O–H groups in total. The highest BCUT2D eigenvalue weighted by molar-refractivity contribution is 6.30. The van der Waals surface area contributed by atoms with Gasteiger partial charge in [0.1, 0.15) is 12.4 Å². The normalized spacial score (nSPS) is 21.8. The third-order valence-electron chi connectivity index (χ3n) is 3.98. The Kier molecular flexibility index (Phi) is 6.33. The molecule has 1 aliphatic rings. The van der Waals surface area contributed by atoms with Crippen LogP contribution in [0.2, 0.25) is 5.02 Å². The van der Waals surface area contributed by atoms with E-state index in [4.69, 9.17) is 16.3 Å². The van der Waals surface area contributed by atoms with Crippen LogP contribution in [0.3, 0.4) is 0 Å². The Balaban J connectivity index is 1.61. The third kappa shape index (κ3) is 5.56. The van der Waals surface area contributed by atoms with Crippen LogP contribution in [0.15, 0.2) is 24.3 Å². The van der Waals surface area contributed by atoms with Crippen molar-refractivity contribution >= 4 is 17.5 Å². The summed E-state index contributed by atoms with van der Waals surface area (Å²) in [5.74, 6) is 0.877. The van der Waals surface area contributed by atoms with Gasteiger partial charge in [-0.1, -0.05) is 11.6 Å². The van der Waals surface area contributed by atoms with Crippen molar-refractivity contribution in [2.45, 2.75) is 32.2 Å². The van der Waals surface area contributed by atoms with E-state index in [9.17, 15) is 4.79 Å². The van der Waals surface area contributed by atoms with E-state index in [1.54, 1.807) is 12.1 Å². The molecule has 0 spiro atoms. The van der Waals surface area contributed by atoms with E-state index in [1.165, 1.54) is 24.2 Å². The molecule has 5 heteroatoms. The summed E-state index contributed by atoms with van der Waals surface area (Å²) in [6, 6.07) is 7.82. The predicted molar refractivity (Wildman–Crippen MR) is 84.0 cm³/mol. The summed E-state index contributed by atoms with van der Waals surface area (Å²) in [5.41, 5.74) is 0. The van der Waals surface area contributed by atoms with E-state index >= 15 is 0 Å². The average Bonchev–Trinajstić information content (AvgIpc) is 2.48. The molecule has 0 saturated carbocycles. The van der Waals surface area contributed by atoms with Crippen molar-refractivity contribution in [2.75, 3.05) is 26.2 Å². The number of piperidine rings is 1. The SMILES string of the molecule is C[C@H]1CCCC[NH+]1CC(=O)NCCOc1ccc(Cl)cc1. The summed E-state index contributed by atoms with van der Waals surface area (Å²) < 4.78 is 5.54. The maximum absolute atomic E-state index is 11.9. The Morgan fingerprint density at radius 2 is 2.14 bits per heavy atom. The maximum atomic E-state index is 11.9. The summed E-state index contributed by atoms with van der Waals surface area (Å²) in [7, 11) is 0. The standard InChI is InChI=1S/C16H23ClN2O2/c1-13-4-2-3-10-19(13)12-16(20)18-9-11-21-15-7-5-14(17)6-8-15/h5-8,13H,2-4,9-12H2,1H3,(H,18,20)/p+1/t13-/m0/s1. The van der Waals surface area contributed by atoms with Gasteiger partial charge in [-0.2, -0.15) is 0 Å². The number of quaternary nitrogens is 1. The van der Waals surface area contributed by atoms with Crippen molar-refractivity contribution in [1.29, 1.82) is 0 Å². The number of hydrogen-bond donors (Lipinski definition) is 2. The van der Waals surface area contributed by atoms with Crippen molar-refractivity contribution in [1.82, 2.24) is 5.32 Å². The van der Waals surface area contributed by atoms with Gasteiger partial charge in [-0.05, 0) is 50.5 Å². The fourth-order valence-corrected chi connectivity index (χ4v) is 2.80. The average molecular weight is 312 g/mol. The number of nitrogens with one attached hydrogen (secondary N) is 2. The number of carbonyl (C=O) groups excluding carboxylic acids is 1. The Bertz CT molecular complexity index is 450. The molecule has 1 saturated heterocycles. The van der Waals surface area contributed by atoms with Crippen LogP contribution in [0.25, 0.3) is 0 Å². The van der Waals surface area contributed by atoms with Crippen LogP contribution in [-0.2, 0) is 4.79 Å². The van der Waals surface area contributed by atoms with E-state index in [0.29, 0.717) is 30.8 Å². The summed E-state index contributed by atoms with van der Waals surface area (Å²) in [4.78, 5) is 13.3. The highest BCUT2D eigenvalue weighted by atomic mass is 35.5. The highest BCUT2D eigenvalue weighted by Crippen LogP contribution is 2.15. The molecule has 1 heterocycles. The summed E-state index contributed by atoms with van der Waals surface area (Å²) in [6.07, 6.45) is 3.75. The fraction of sp³-hybridized carbons (Fsp3) is 0.562. The molecule has 0 bridgehead atoms. The summed E-state index contributed by atoms with van der Waals surface area (Å²) >= 11 is 5.80. The lowest BCUT2D eigenvalue weighted by atomic mass is 10.0. The van der Waals surface area contributed by atoms with Gasteiger partial charge in [0, 0.05) is 5.02 Å². The third-order valence-corrected chi connectivity index (χ3v) is 4.23. The van der Waals surface area contributed by atoms with Gasteiger partial charge >= 0.3 is 0 Å². The minimum absolute atomic E-state index is 0.110. The predicted octanol–water partition coefficient (Wildman–Crippen LogP) is 1.29. The van der Waals surface area contributed by atoms with Crippen molar-refractivity contribution < 1.29 is 14.4 Å². The van der Waals surface area contributed by atoms with Crippen LogP contribution in [0.5, 0.6) is 5.75 Å². The minimum atomic E-state index is 0.110. The molecule has 0 aromatic heterocycles. The van der Waals surface area contributed by atoms with Gasteiger partial charge in [-0.3, -0.25) is 4.79 Å². The number of ether oxygens (including phenoxy) is 1. The fourth-order valence-electron chi connectivity index (χ4n) is 2.67. The van der Waals surface area contributed by atoms with Crippen LogP contribution in [-0.4, -0.2) is 38.2 Å². The monoisotopic (exact) mass is 311 g/mol. The number of halogens is 1. The zero-order valence-electron chi connectivity index (χ0n) is 12.5. The molecule has 0 radical (unpaired) electrons. The molecule has 1 aromatic carbocycles. The lowest BCUT2D eigenvalue weighted by Gasteiger charge is -2.29. The molecule has 2 atom stereocenters. The van der Waals surface area contributed by atoms with E-state index in [0.717, 1.165) is 12.3 Å². The molecule has 116 valence electrons. The van der Waals surface area contributed by atoms with Crippen LogP contribution in [0.1, 0.15) is 26.2 Å². The van der Waals surface area contributed by atoms with E-state index < -0.39 is 0 Å². The second kappa shape index (κ2) is 8.25. The smallest absolute Gasteiger partial charge is 0.275 e. The minimum Gasteiger partial charge on any atom is -0.492 e. The molecular weight excluding hydrogens is 288 g/mol. The van der Waals surface area contributed by atoms with Gasteiger partial charge in [0.2, 0.25) is 0 Å². The number of benzene rings is 1. The first kappa shape index (κ1) is 16.1. The van der Waals surface area contributed by atoms with Crippen LogP contribution in [0.4, 0.5) is 0 Å². The van der Waals surface area contributed by atoms with E-state index in [-0.39, 0.29) is 5.91 Å². The zero-order valence-corrected chi connectivity index (χ0v) is 13.3. The van der Waals surface area contributed by atoms with Crippen molar-refractivity contribution in [3.05, 3.63) is 29.3 Å². The largest absolute Gasteiger partial charge is 0.492 e. The molecule has 1 amide bonds. The van der Waals surface area contributed by atoms with Crippen molar-refractivity contribution in [3.63, 3.8) is 0 Å². The van der Waals surface area contributed by atoms with Gasteiger partial charge in [-0.15, -0.1) is 0 Å². The molecular formula is C16H24ClN2O2+. The highest BCUT2D eigenvalue weighted by Gasteiger charge is 2.23. The first-order valence-electron chi connectivity index (χ1n) is 7.65. The Hall–Kier alpha value is -1.26. The quantitative estimate of drug-likeness (QED) is 0.778. The molecule has 21 heavy (non-hydrogen) atoms. The van der Waals surface area contributed by atoms with Crippen LogP contribution < -0.4 is 15.0 Å². The van der Waals surface area contributed by atoms with Gasteiger partial charge in [-0.25, -0.2) is 0 Å². The van der Waals surface area contributed by atoms with Crippen molar-refractivity contribution in [2.24, 2.45) is 0 Å². The van der Waals surface area contributed by atoms with Crippen LogP contribution >= 0.6 is 11.6 Å². The van der Waals surface area contributed by atoms with Gasteiger partial charge in [0.05, 0.1) is 19.1 Å². The zero-order chi connectivity index (χ0) is 15.1. The van der Waals surface area contributed by atoms with Gasteiger partial charge in [0.25, 0.3) is 5.91 Å². The number of rotatable bonds is 6. The Labute approximate surface area is 131 Å². The van der Waals surface area contributed by atoms with Gasteiger partial charge < -0.3 is 15.0 Å². The number of amides is 1. The van der Waals surface area contributed by atoms with Crippen LogP contribution in [0, 0.1) is 0 Å². The molecule has 1 unspecified atom stereocenters. The van der Waals surface area contributed by atoms with Crippen molar-refractivity contribution in [3.8, 4) is 5.75 Å². The molecule has 1 aliphatic heterocycles. The second-order valence-electron chi connectivity index (χ2n) is 5.63. The molecule has 1 fully saturated rings. The van der Waals surface area contributed by atoms with E-state index in [2.05, 4.69) is 12.2 Å². The Morgan fingerprint density at radius 1 is 1.38 bits per heavy atom. The number of carbonyl (C=O) groups is 1. The molecule has 1 aromatic rings. The Morgan fingerprint density at radius 3 is 2.86 bits per heavy atom. The number of likely N-dealkylation sites (tertiary alicyclic amines) is 1. The molecule has 2 rings (SSSR count). The van der Waals surface area contributed by atoms with E-state index in [1.807, 2.05) is 12.1 Å². The summed E-state index contributed by atoms with van der Waals surface area (Å²) in [6.45, 7) is 4.91. The maximum Gasteiger partial charge on any atom is 0.275 e. The van der Waals surface area contributed by atoms with Gasteiger partial charge in [0.15, 0.2) is 6.54 Å². The lowest BCUT2D eigenvalue weighted by molar-refractivity contribution is -0.921. The molecule has 0 aliphatic carbocycles. The first-order valence-corrected chi connectivity index (χ1v) is 8.02. The molecule has 4 nitrogen and oxygen atoms in total. The number of hydrogen-bond acceptors (Lipinski definition) is 2. The topological polar surface area (TPSA) is 42.8 Å².